The Labute approximate surface area is 124 Å². The predicted octanol–water partition coefficient (Wildman–Crippen LogP) is 3.72. The average Bonchev–Trinajstić information content (AvgIpc) is 2.86. The third kappa shape index (κ3) is 3.58. The van der Waals surface area contributed by atoms with Crippen LogP contribution in [0.25, 0.3) is 0 Å². The molecular weight excluding hydrogens is 302 g/mol. The third-order valence-corrected chi connectivity index (χ3v) is 3.62. The number of rotatable bonds is 6. The summed E-state index contributed by atoms with van der Waals surface area (Å²) >= 11 is 7.42. The van der Waals surface area contributed by atoms with E-state index >= 15 is 0 Å². The highest BCUT2D eigenvalue weighted by atomic mass is 35.5. The summed E-state index contributed by atoms with van der Waals surface area (Å²) in [5.41, 5.74) is -0.0537. The van der Waals surface area contributed by atoms with E-state index in [1.165, 1.54) is 29.5 Å². The number of hydrogen-bond acceptors (Lipinski definition) is 6. The first-order valence-electron chi connectivity index (χ1n) is 5.85. The molecule has 0 saturated carbocycles. The highest BCUT2D eigenvalue weighted by molar-refractivity contribution is 7.15. The summed E-state index contributed by atoms with van der Waals surface area (Å²) in [5, 5.41) is 15.0. The first-order chi connectivity index (χ1) is 9.60. The maximum absolute atomic E-state index is 10.7. The second-order valence-electron chi connectivity index (χ2n) is 3.82. The van der Waals surface area contributed by atoms with Crippen molar-refractivity contribution in [2.45, 2.75) is 13.5 Å². The Bertz CT molecular complexity index is 618. The van der Waals surface area contributed by atoms with Crippen molar-refractivity contribution >= 4 is 33.8 Å². The summed E-state index contributed by atoms with van der Waals surface area (Å²) in [5.74, 6) is 0.291. The van der Waals surface area contributed by atoms with E-state index in [1.54, 1.807) is 6.20 Å². The van der Waals surface area contributed by atoms with Crippen LogP contribution < -0.4 is 10.1 Å². The van der Waals surface area contributed by atoms with Crippen molar-refractivity contribution in [3.8, 4) is 5.75 Å². The van der Waals surface area contributed by atoms with Crippen molar-refractivity contribution in [3.05, 3.63) is 44.4 Å². The monoisotopic (exact) mass is 313 g/mol. The molecule has 106 valence electrons. The molecule has 1 N–H and O–H groups in total. The topological polar surface area (TPSA) is 77.3 Å². The molecule has 20 heavy (non-hydrogen) atoms. The van der Waals surface area contributed by atoms with Crippen molar-refractivity contribution in [3.63, 3.8) is 0 Å². The van der Waals surface area contributed by atoms with Crippen LogP contribution in [-0.4, -0.2) is 16.5 Å². The molecule has 0 radical (unpaired) electrons. The van der Waals surface area contributed by atoms with Crippen LogP contribution in [0.5, 0.6) is 5.75 Å². The summed E-state index contributed by atoms with van der Waals surface area (Å²) in [7, 11) is 0. The summed E-state index contributed by atoms with van der Waals surface area (Å²) < 4.78 is 5.51. The SMILES string of the molecule is CCNc1ncc(COc2cc([N+](=O)[O-])ccc2Cl)s1. The maximum Gasteiger partial charge on any atom is 0.273 e. The summed E-state index contributed by atoms with van der Waals surface area (Å²) in [6.45, 7) is 3.05. The molecule has 2 rings (SSSR count). The quantitative estimate of drug-likeness (QED) is 0.649. The number of ether oxygens (including phenoxy) is 1. The van der Waals surface area contributed by atoms with E-state index in [2.05, 4.69) is 10.3 Å². The van der Waals surface area contributed by atoms with Gasteiger partial charge in [-0.1, -0.05) is 22.9 Å². The van der Waals surface area contributed by atoms with Gasteiger partial charge in [0.25, 0.3) is 5.69 Å². The van der Waals surface area contributed by atoms with Crippen LogP contribution in [0.2, 0.25) is 5.02 Å². The summed E-state index contributed by atoms with van der Waals surface area (Å²) in [4.78, 5) is 15.3. The van der Waals surface area contributed by atoms with Gasteiger partial charge in [0, 0.05) is 18.8 Å². The van der Waals surface area contributed by atoms with Gasteiger partial charge >= 0.3 is 0 Å². The minimum atomic E-state index is -0.487. The lowest BCUT2D eigenvalue weighted by atomic mass is 10.3. The molecule has 0 fully saturated rings. The number of thiazole rings is 1. The van der Waals surface area contributed by atoms with Crippen molar-refractivity contribution in [2.24, 2.45) is 0 Å². The van der Waals surface area contributed by atoms with Gasteiger partial charge in [0.1, 0.15) is 12.4 Å². The Morgan fingerprint density at radius 3 is 3.05 bits per heavy atom. The number of benzene rings is 1. The number of anilines is 1. The first kappa shape index (κ1) is 14.5. The zero-order valence-electron chi connectivity index (χ0n) is 10.6. The molecule has 0 bridgehead atoms. The second kappa shape index (κ2) is 6.53. The third-order valence-electron chi connectivity index (χ3n) is 2.38. The molecule has 6 nitrogen and oxygen atoms in total. The van der Waals surface area contributed by atoms with E-state index in [-0.39, 0.29) is 12.3 Å². The van der Waals surface area contributed by atoms with Crippen molar-refractivity contribution < 1.29 is 9.66 Å². The van der Waals surface area contributed by atoms with Gasteiger partial charge in [-0.05, 0) is 13.0 Å². The zero-order valence-corrected chi connectivity index (χ0v) is 12.2. The van der Waals surface area contributed by atoms with Crippen LogP contribution in [0, 0.1) is 10.1 Å². The highest BCUT2D eigenvalue weighted by Crippen LogP contribution is 2.30. The smallest absolute Gasteiger partial charge is 0.273 e. The molecule has 1 aromatic heterocycles. The zero-order chi connectivity index (χ0) is 14.5. The van der Waals surface area contributed by atoms with Gasteiger partial charge in [-0.2, -0.15) is 0 Å². The minimum absolute atomic E-state index is 0.0537. The van der Waals surface area contributed by atoms with Crippen LogP contribution in [0.4, 0.5) is 10.8 Å². The number of nitrogens with one attached hydrogen (secondary N) is 1. The molecule has 0 unspecified atom stereocenters. The van der Waals surface area contributed by atoms with E-state index in [4.69, 9.17) is 16.3 Å². The van der Waals surface area contributed by atoms with Crippen LogP contribution in [0.15, 0.2) is 24.4 Å². The number of nitro groups is 1. The van der Waals surface area contributed by atoms with Crippen LogP contribution in [-0.2, 0) is 6.61 Å². The molecule has 1 aromatic carbocycles. The van der Waals surface area contributed by atoms with Gasteiger partial charge in [-0.3, -0.25) is 10.1 Å². The van der Waals surface area contributed by atoms with Crippen LogP contribution >= 0.6 is 22.9 Å². The summed E-state index contributed by atoms with van der Waals surface area (Å²) in [6, 6.07) is 4.10. The molecule has 0 aliphatic carbocycles. The maximum atomic E-state index is 10.7. The predicted molar refractivity (Wildman–Crippen MR) is 78.7 cm³/mol. The lowest BCUT2D eigenvalue weighted by Gasteiger charge is -2.06. The Hall–Kier alpha value is -1.86. The Kier molecular flexibility index (Phi) is 4.75. The first-order valence-corrected chi connectivity index (χ1v) is 7.05. The van der Waals surface area contributed by atoms with E-state index in [1.807, 2.05) is 6.92 Å². The van der Waals surface area contributed by atoms with Gasteiger partial charge in [0.2, 0.25) is 0 Å². The molecule has 8 heteroatoms. The number of non-ortho nitro benzene ring substituents is 1. The standard InChI is InChI=1S/C12H12ClN3O3S/c1-2-14-12-15-6-9(20-12)7-19-11-5-8(16(17)18)3-4-10(11)13/h3-6H,2,7H2,1H3,(H,14,15). The fourth-order valence-corrected chi connectivity index (χ4v) is 2.44. The van der Waals surface area contributed by atoms with Crippen LogP contribution in [0.1, 0.15) is 11.8 Å². The van der Waals surface area contributed by atoms with E-state index in [0.717, 1.165) is 16.6 Å². The Balaban J connectivity index is 2.05. The van der Waals surface area contributed by atoms with Crippen molar-refractivity contribution in [2.75, 3.05) is 11.9 Å². The highest BCUT2D eigenvalue weighted by Gasteiger charge is 2.11. The molecule has 0 saturated heterocycles. The van der Waals surface area contributed by atoms with Gasteiger partial charge in [-0.15, -0.1) is 0 Å². The molecule has 0 amide bonds. The molecule has 0 atom stereocenters. The average molecular weight is 314 g/mol. The van der Waals surface area contributed by atoms with E-state index in [0.29, 0.717) is 10.8 Å². The van der Waals surface area contributed by atoms with E-state index < -0.39 is 4.92 Å². The fraction of sp³-hybridized carbons (Fsp3) is 0.250. The molecule has 0 spiro atoms. The van der Waals surface area contributed by atoms with E-state index in [9.17, 15) is 10.1 Å². The Morgan fingerprint density at radius 2 is 2.35 bits per heavy atom. The normalized spacial score (nSPS) is 10.3. The largest absolute Gasteiger partial charge is 0.486 e. The second-order valence-corrected chi connectivity index (χ2v) is 5.34. The number of nitro benzene ring substituents is 1. The molecule has 0 aliphatic heterocycles. The van der Waals surface area contributed by atoms with Crippen LogP contribution in [0.3, 0.4) is 0 Å². The number of aromatic nitrogens is 1. The van der Waals surface area contributed by atoms with Gasteiger partial charge in [0.05, 0.1) is 20.9 Å². The molecular formula is C12H12ClN3O3S. The lowest BCUT2D eigenvalue weighted by Crippen LogP contribution is -1.95. The van der Waals surface area contributed by atoms with Gasteiger partial charge in [-0.25, -0.2) is 4.98 Å². The molecule has 2 aromatic rings. The van der Waals surface area contributed by atoms with Crippen molar-refractivity contribution in [1.82, 2.24) is 4.98 Å². The minimum Gasteiger partial charge on any atom is -0.486 e. The lowest BCUT2D eigenvalue weighted by molar-refractivity contribution is -0.384. The molecule has 0 aliphatic rings. The fourth-order valence-electron chi connectivity index (χ4n) is 1.47. The van der Waals surface area contributed by atoms with Gasteiger partial charge in [0.15, 0.2) is 5.13 Å². The molecule has 1 heterocycles. The van der Waals surface area contributed by atoms with Crippen molar-refractivity contribution in [1.29, 1.82) is 0 Å². The number of hydrogen-bond donors (Lipinski definition) is 1. The summed E-state index contributed by atoms with van der Waals surface area (Å²) in [6.07, 6.45) is 1.70. The number of nitrogens with zero attached hydrogens (tertiary/aromatic N) is 2. The Morgan fingerprint density at radius 1 is 1.55 bits per heavy atom. The van der Waals surface area contributed by atoms with Gasteiger partial charge < -0.3 is 10.1 Å². The number of halogens is 1.